The minimum Gasteiger partial charge on any atom is -0.361 e. The van der Waals surface area contributed by atoms with Crippen LogP contribution in [0.4, 0.5) is 0 Å². The summed E-state index contributed by atoms with van der Waals surface area (Å²) in [6, 6.07) is 0. The molecular weight excluding hydrogens is 216 g/mol. The highest BCUT2D eigenvalue weighted by Gasteiger charge is 2.36. The molecule has 17 heavy (non-hydrogen) atoms. The topological polar surface area (TPSA) is 64.3 Å². The molecule has 1 fully saturated rings. The lowest BCUT2D eigenvalue weighted by Crippen LogP contribution is -2.45. The summed E-state index contributed by atoms with van der Waals surface area (Å²) in [5.74, 6) is -0.0156. The summed E-state index contributed by atoms with van der Waals surface area (Å²) in [4.78, 5) is 11.8. The van der Waals surface area contributed by atoms with Crippen molar-refractivity contribution >= 4 is 5.91 Å². The zero-order chi connectivity index (χ0) is 12.7. The largest absolute Gasteiger partial charge is 0.361 e. The summed E-state index contributed by atoms with van der Waals surface area (Å²) in [5, 5.41) is 2.89. The quantitative estimate of drug-likeness (QED) is 0.666. The zero-order valence-electron chi connectivity index (χ0n) is 11.1. The number of carbonyl (C=O) groups excluding carboxylic acids is 1. The number of ether oxygens (including phenoxy) is 1. The van der Waals surface area contributed by atoms with E-state index >= 15 is 0 Å². The predicted octanol–water partition coefficient (Wildman–Crippen LogP) is 1.58. The molecule has 0 aromatic heterocycles. The second-order valence-corrected chi connectivity index (χ2v) is 5.00. The minimum absolute atomic E-state index is 0.0156. The summed E-state index contributed by atoms with van der Waals surface area (Å²) in [6.07, 6.45) is 5.98. The summed E-state index contributed by atoms with van der Waals surface area (Å²) in [5.41, 5.74) is 5.53. The van der Waals surface area contributed by atoms with Crippen LogP contribution in [0.25, 0.3) is 0 Å². The van der Waals surface area contributed by atoms with Gasteiger partial charge >= 0.3 is 0 Å². The molecule has 0 radical (unpaired) electrons. The molecule has 0 spiro atoms. The number of carbonyl (C=O) groups is 1. The highest BCUT2D eigenvalue weighted by atomic mass is 16.5. The van der Waals surface area contributed by atoms with Gasteiger partial charge in [-0.2, -0.15) is 0 Å². The Labute approximate surface area is 104 Å². The third-order valence-corrected chi connectivity index (χ3v) is 3.51. The van der Waals surface area contributed by atoms with Crippen molar-refractivity contribution in [2.45, 2.75) is 64.1 Å². The van der Waals surface area contributed by atoms with Gasteiger partial charge in [-0.05, 0) is 26.2 Å². The Morgan fingerprint density at radius 3 is 2.65 bits per heavy atom. The van der Waals surface area contributed by atoms with Crippen molar-refractivity contribution in [1.29, 1.82) is 0 Å². The van der Waals surface area contributed by atoms with E-state index in [4.69, 9.17) is 10.5 Å². The van der Waals surface area contributed by atoms with Crippen LogP contribution in [0.1, 0.15) is 52.4 Å². The highest BCUT2D eigenvalue weighted by Crippen LogP contribution is 2.33. The first kappa shape index (κ1) is 14.5. The maximum absolute atomic E-state index is 11.8. The van der Waals surface area contributed by atoms with Crippen LogP contribution in [0.2, 0.25) is 0 Å². The van der Waals surface area contributed by atoms with E-state index in [9.17, 15) is 4.79 Å². The van der Waals surface area contributed by atoms with E-state index in [0.717, 1.165) is 45.1 Å². The Morgan fingerprint density at radius 1 is 1.47 bits per heavy atom. The number of amides is 1. The van der Waals surface area contributed by atoms with Gasteiger partial charge in [-0.3, -0.25) is 4.79 Å². The number of nitrogens with one attached hydrogen (secondary N) is 1. The molecule has 0 heterocycles. The normalized spacial score (nSPS) is 20.2. The minimum atomic E-state index is -0.395. The second kappa shape index (κ2) is 6.97. The van der Waals surface area contributed by atoms with Crippen LogP contribution >= 0.6 is 0 Å². The summed E-state index contributed by atoms with van der Waals surface area (Å²) in [7, 11) is 0. The molecule has 1 aliphatic rings. The van der Waals surface area contributed by atoms with Gasteiger partial charge in [-0.15, -0.1) is 0 Å². The molecule has 100 valence electrons. The Morgan fingerprint density at radius 2 is 2.12 bits per heavy atom. The van der Waals surface area contributed by atoms with Crippen LogP contribution in [0.15, 0.2) is 0 Å². The van der Waals surface area contributed by atoms with Gasteiger partial charge < -0.3 is 15.8 Å². The lowest BCUT2D eigenvalue weighted by Gasteiger charge is -2.30. The van der Waals surface area contributed by atoms with E-state index in [2.05, 4.69) is 12.2 Å². The molecule has 0 aromatic rings. The summed E-state index contributed by atoms with van der Waals surface area (Å²) >= 11 is 0. The molecular formula is C13H26N2O2. The Bertz CT molecular complexity index is 238. The van der Waals surface area contributed by atoms with Gasteiger partial charge in [-0.25, -0.2) is 0 Å². The molecule has 1 saturated carbocycles. The number of unbranched alkanes of at least 4 members (excludes halogenated alkanes) is 1. The van der Waals surface area contributed by atoms with E-state index < -0.39 is 6.10 Å². The fraction of sp³-hybridized carbons (Fsp3) is 0.923. The monoisotopic (exact) mass is 242 g/mol. The van der Waals surface area contributed by atoms with Gasteiger partial charge in [0.25, 0.3) is 0 Å². The van der Waals surface area contributed by atoms with Crippen LogP contribution in [-0.4, -0.2) is 30.7 Å². The molecule has 1 unspecified atom stereocenters. The third kappa shape index (κ3) is 4.28. The first-order valence-electron chi connectivity index (χ1n) is 6.79. The average Bonchev–Trinajstić information content (AvgIpc) is 2.78. The summed E-state index contributed by atoms with van der Waals surface area (Å²) < 4.78 is 5.90. The molecule has 1 rings (SSSR count). The van der Waals surface area contributed by atoms with Crippen molar-refractivity contribution in [3.63, 3.8) is 0 Å². The Balaban J connectivity index is 2.36. The summed E-state index contributed by atoms with van der Waals surface area (Å²) in [6.45, 7) is 5.17. The molecule has 1 atom stereocenters. The van der Waals surface area contributed by atoms with Crippen LogP contribution < -0.4 is 11.1 Å². The number of hydrogen-bond acceptors (Lipinski definition) is 3. The lowest BCUT2D eigenvalue weighted by atomic mass is 10.0. The van der Waals surface area contributed by atoms with Crippen molar-refractivity contribution in [1.82, 2.24) is 5.32 Å². The molecule has 0 bridgehead atoms. The fourth-order valence-corrected chi connectivity index (χ4v) is 2.35. The van der Waals surface area contributed by atoms with E-state index in [1.807, 2.05) is 6.92 Å². The van der Waals surface area contributed by atoms with E-state index in [1.165, 1.54) is 0 Å². The molecule has 0 aromatic carbocycles. The molecule has 0 saturated heterocycles. The van der Waals surface area contributed by atoms with Gasteiger partial charge in [0.05, 0.1) is 5.60 Å². The van der Waals surface area contributed by atoms with Gasteiger partial charge in [0.2, 0.25) is 5.91 Å². The van der Waals surface area contributed by atoms with Crippen LogP contribution in [0.5, 0.6) is 0 Å². The standard InChI is InChI=1S/C13H26N2O2/c1-3-4-9-15-12(16)11(2)17-13(10-14)7-5-6-8-13/h11H,3-10,14H2,1-2H3,(H,15,16). The number of nitrogens with two attached hydrogens (primary N) is 1. The van der Waals surface area contributed by atoms with Gasteiger partial charge in [0, 0.05) is 13.1 Å². The van der Waals surface area contributed by atoms with Crippen LogP contribution in [0, 0.1) is 0 Å². The molecule has 1 aliphatic carbocycles. The predicted molar refractivity (Wildman–Crippen MR) is 68.7 cm³/mol. The maximum Gasteiger partial charge on any atom is 0.248 e. The van der Waals surface area contributed by atoms with Crippen LogP contribution in [0.3, 0.4) is 0 Å². The van der Waals surface area contributed by atoms with Crippen molar-refractivity contribution in [2.24, 2.45) is 5.73 Å². The van der Waals surface area contributed by atoms with Crippen molar-refractivity contribution < 1.29 is 9.53 Å². The highest BCUT2D eigenvalue weighted by molar-refractivity contribution is 5.80. The Kier molecular flexibility index (Phi) is 5.92. The molecule has 4 nitrogen and oxygen atoms in total. The van der Waals surface area contributed by atoms with Gasteiger partial charge in [-0.1, -0.05) is 26.2 Å². The number of hydrogen-bond donors (Lipinski definition) is 2. The first-order valence-corrected chi connectivity index (χ1v) is 6.79. The van der Waals surface area contributed by atoms with E-state index in [-0.39, 0.29) is 11.5 Å². The molecule has 1 amide bonds. The zero-order valence-corrected chi connectivity index (χ0v) is 11.1. The third-order valence-electron chi connectivity index (χ3n) is 3.51. The SMILES string of the molecule is CCCCNC(=O)C(C)OC1(CN)CCCC1. The maximum atomic E-state index is 11.8. The van der Waals surface area contributed by atoms with E-state index in [1.54, 1.807) is 0 Å². The average molecular weight is 242 g/mol. The fourth-order valence-electron chi connectivity index (χ4n) is 2.35. The van der Waals surface area contributed by atoms with Gasteiger partial charge in [0.1, 0.15) is 6.10 Å². The second-order valence-electron chi connectivity index (χ2n) is 5.00. The Hall–Kier alpha value is -0.610. The van der Waals surface area contributed by atoms with Crippen molar-refractivity contribution in [2.75, 3.05) is 13.1 Å². The van der Waals surface area contributed by atoms with Crippen LogP contribution in [-0.2, 0) is 9.53 Å². The van der Waals surface area contributed by atoms with Crippen molar-refractivity contribution in [3.05, 3.63) is 0 Å². The van der Waals surface area contributed by atoms with Crippen molar-refractivity contribution in [3.8, 4) is 0 Å². The molecule has 0 aliphatic heterocycles. The molecule has 3 N–H and O–H groups in total. The van der Waals surface area contributed by atoms with Gasteiger partial charge in [0.15, 0.2) is 0 Å². The first-order chi connectivity index (χ1) is 8.13. The lowest BCUT2D eigenvalue weighted by molar-refractivity contribution is -0.144. The smallest absolute Gasteiger partial charge is 0.248 e. The molecule has 4 heteroatoms. The van der Waals surface area contributed by atoms with E-state index in [0.29, 0.717) is 6.54 Å². The number of rotatable bonds is 7.